The summed E-state index contributed by atoms with van der Waals surface area (Å²) in [5.41, 5.74) is 6.30. The number of aromatic carboxylic acids is 1. The van der Waals surface area contributed by atoms with Crippen LogP contribution in [-0.4, -0.2) is 61.4 Å². The van der Waals surface area contributed by atoms with Crippen LogP contribution in [0.25, 0.3) is 21.9 Å². The van der Waals surface area contributed by atoms with E-state index in [0.717, 1.165) is 24.3 Å². The van der Waals surface area contributed by atoms with Gasteiger partial charge < -0.3 is 30.5 Å². The van der Waals surface area contributed by atoms with Crippen LogP contribution in [0.1, 0.15) is 10.4 Å². The summed E-state index contributed by atoms with van der Waals surface area (Å²) < 4.78 is 78.0. The maximum absolute atomic E-state index is 12.3. The topological polar surface area (TPSA) is 280 Å². The molecule has 0 amide bonds. The van der Waals surface area contributed by atoms with Crippen LogP contribution in [0.15, 0.2) is 103 Å². The van der Waals surface area contributed by atoms with Crippen molar-refractivity contribution in [3.63, 3.8) is 0 Å². The highest BCUT2D eigenvalue weighted by molar-refractivity contribution is 7.86. The van der Waals surface area contributed by atoms with Gasteiger partial charge in [0, 0.05) is 11.1 Å². The summed E-state index contributed by atoms with van der Waals surface area (Å²) in [6.45, 7) is 0. The fourth-order valence-electron chi connectivity index (χ4n) is 4.79. The Morgan fingerprint density at radius 3 is 1.82 bits per heavy atom. The Morgan fingerprint density at radius 2 is 1.30 bits per heavy atom. The Hall–Kier alpha value is -6.15. The number of nitrogen functional groups attached to an aromatic ring is 1. The summed E-state index contributed by atoms with van der Waals surface area (Å²) in [6, 6.07) is 15.9. The van der Waals surface area contributed by atoms with Gasteiger partial charge in [-0.2, -0.15) is 21.9 Å². The smallest absolute Gasteiger partial charge is 0.339 e. The number of anilines is 1. The van der Waals surface area contributed by atoms with Gasteiger partial charge in [-0.05, 0) is 77.2 Å². The van der Waals surface area contributed by atoms with Gasteiger partial charge in [-0.25, -0.2) is 4.79 Å². The normalized spacial score (nSPS) is 12.2. The number of ether oxygens (including phenoxy) is 2. The summed E-state index contributed by atoms with van der Waals surface area (Å²) in [5.74, 6) is -2.13. The van der Waals surface area contributed by atoms with Crippen LogP contribution in [0.3, 0.4) is 0 Å². The fraction of sp³-hybridized carbons (Fsp3) is 0.0645. The molecule has 0 aromatic heterocycles. The average Bonchev–Trinajstić information content (AvgIpc) is 3.06. The van der Waals surface area contributed by atoms with E-state index in [0.29, 0.717) is 22.6 Å². The minimum absolute atomic E-state index is 0.0683. The summed E-state index contributed by atoms with van der Waals surface area (Å²) in [5, 5.41) is 45.5. The SMILES string of the molecule is COc1cc(-c2ccc(N=Nc3c(S(=O)(=O)O)cc4cc(S(=O)(=O)O)cc(N)c4c3O)c(OC)c2)ccc1N=Nc1ccc(O)c(C(=O)O)c1. The molecule has 5 rings (SSSR count). The van der Waals surface area contributed by atoms with Crippen LogP contribution < -0.4 is 15.2 Å². The lowest BCUT2D eigenvalue weighted by molar-refractivity contribution is 0.0693. The van der Waals surface area contributed by atoms with Crippen LogP contribution in [0.4, 0.5) is 28.4 Å². The lowest BCUT2D eigenvalue weighted by Gasteiger charge is -2.12. The van der Waals surface area contributed by atoms with Gasteiger partial charge in [0.15, 0.2) is 5.75 Å². The average molecular weight is 724 g/mol. The summed E-state index contributed by atoms with van der Waals surface area (Å²) in [4.78, 5) is 9.70. The minimum Gasteiger partial charge on any atom is -0.507 e. The number of carboxylic acids is 1. The van der Waals surface area contributed by atoms with E-state index < -0.39 is 53.2 Å². The van der Waals surface area contributed by atoms with Crippen molar-refractivity contribution < 1.29 is 55.5 Å². The number of carbonyl (C=O) groups is 1. The first-order valence-electron chi connectivity index (χ1n) is 13.8. The van der Waals surface area contributed by atoms with Gasteiger partial charge in [0.05, 0.1) is 24.8 Å². The van der Waals surface area contributed by atoms with Gasteiger partial charge in [-0.15, -0.1) is 15.3 Å². The predicted molar refractivity (Wildman–Crippen MR) is 178 cm³/mol. The maximum Gasteiger partial charge on any atom is 0.339 e. The highest BCUT2D eigenvalue weighted by atomic mass is 32.2. The largest absolute Gasteiger partial charge is 0.507 e. The molecule has 0 aliphatic carbocycles. The zero-order valence-corrected chi connectivity index (χ0v) is 27.3. The van der Waals surface area contributed by atoms with Crippen LogP contribution in [0.5, 0.6) is 23.0 Å². The third-order valence-corrected chi connectivity index (χ3v) is 8.86. The highest BCUT2D eigenvalue weighted by Crippen LogP contribution is 2.45. The molecule has 7 N–H and O–H groups in total. The zero-order valence-electron chi connectivity index (χ0n) is 25.7. The Kier molecular flexibility index (Phi) is 9.42. The van der Waals surface area contributed by atoms with Crippen LogP contribution in [-0.2, 0) is 20.2 Å². The second-order valence-electron chi connectivity index (χ2n) is 10.3. The van der Waals surface area contributed by atoms with Crippen molar-refractivity contribution in [3.8, 4) is 34.1 Å². The van der Waals surface area contributed by atoms with E-state index in [9.17, 15) is 46.1 Å². The molecule has 0 aliphatic heterocycles. The number of hydrogen-bond donors (Lipinski definition) is 6. The van der Waals surface area contributed by atoms with Crippen molar-refractivity contribution in [2.75, 3.05) is 20.0 Å². The number of nitrogens with zero attached hydrogens (tertiary/aromatic N) is 4. The van der Waals surface area contributed by atoms with Gasteiger partial charge in [0.25, 0.3) is 20.2 Å². The minimum atomic E-state index is -5.07. The molecule has 0 bridgehead atoms. The van der Waals surface area contributed by atoms with Gasteiger partial charge in [0.1, 0.15) is 44.8 Å². The van der Waals surface area contributed by atoms with E-state index in [-0.39, 0.29) is 39.1 Å². The zero-order chi connectivity index (χ0) is 36.5. The molecule has 17 nitrogen and oxygen atoms in total. The molecule has 258 valence electrons. The first-order valence-corrected chi connectivity index (χ1v) is 16.7. The first-order chi connectivity index (χ1) is 23.5. The van der Waals surface area contributed by atoms with Crippen molar-refractivity contribution in [1.29, 1.82) is 0 Å². The second-order valence-corrected chi connectivity index (χ2v) is 13.1. The third-order valence-electron chi connectivity index (χ3n) is 7.16. The van der Waals surface area contributed by atoms with Crippen molar-refractivity contribution >= 4 is 65.4 Å². The number of aromatic hydroxyl groups is 2. The van der Waals surface area contributed by atoms with Crippen LogP contribution >= 0.6 is 0 Å². The van der Waals surface area contributed by atoms with Gasteiger partial charge in [-0.3, -0.25) is 9.11 Å². The van der Waals surface area contributed by atoms with E-state index in [1.807, 2.05) is 0 Å². The molecule has 0 atom stereocenters. The summed E-state index contributed by atoms with van der Waals surface area (Å²) in [7, 11) is -7.07. The number of benzene rings is 5. The molecule has 19 heteroatoms. The molecule has 0 saturated carbocycles. The van der Waals surface area contributed by atoms with Gasteiger partial charge in [0.2, 0.25) is 0 Å². The second kappa shape index (κ2) is 13.4. The molecule has 0 fully saturated rings. The Balaban J connectivity index is 1.50. The predicted octanol–water partition coefficient (Wildman–Crippen LogP) is 6.54. The molecule has 0 unspecified atom stereocenters. The number of hydrogen-bond acceptors (Lipinski definition) is 14. The van der Waals surface area contributed by atoms with Crippen molar-refractivity contribution in [2.45, 2.75) is 9.79 Å². The molecule has 0 spiro atoms. The van der Waals surface area contributed by atoms with Gasteiger partial charge >= 0.3 is 5.97 Å². The Bertz CT molecular complexity index is 2480. The first kappa shape index (κ1) is 35.2. The van der Waals surface area contributed by atoms with Crippen molar-refractivity contribution in [1.82, 2.24) is 0 Å². The summed E-state index contributed by atoms with van der Waals surface area (Å²) >= 11 is 0. The number of fused-ring (bicyclic) bond motifs is 1. The quantitative estimate of drug-likeness (QED) is 0.0507. The van der Waals surface area contributed by atoms with E-state index in [1.165, 1.54) is 32.4 Å². The molecule has 0 aliphatic rings. The van der Waals surface area contributed by atoms with Gasteiger partial charge in [-0.1, -0.05) is 12.1 Å². The van der Waals surface area contributed by atoms with Crippen molar-refractivity contribution in [2.24, 2.45) is 20.5 Å². The monoisotopic (exact) mass is 723 g/mol. The Morgan fingerprint density at radius 1 is 0.720 bits per heavy atom. The number of nitrogens with two attached hydrogens (primary N) is 1. The van der Waals surface area contributed by atoms with E-state index >= 15 is 0 Å². The number of phenolic OH excluding ortho intramolecular Hbond substituents is 1. The molecule has 5 aromatic carbocycles. The number of methoxy groups -OCH3 is 2. The lowest BCUT2D eigenvalue weighted by atomic mass is 10.0. The molecule has 5 aromatic rings. The molecule has 0 heterocycles. The Labute approximate surface area is 283 Å². The molecular formula is C31H25N5O12S2. The van der Waals surface area contributed by atoms with Crippen molar-refractivity contribution in [3.05, 3.63) is 78.4 Å². The van der Waals surface area contributed by atoms with Crippen LogP contribution in [0.2, 0.25) is 0 Å². The molecule has 0 saturated heterocycles. The fourth-order valence-corrected chi connectivity index (χ4v) is 6.00. The number of rotatable bonds is 10. The maximum atomic E-state index is 12.3. The molecular weight excluding hydrogens is 698 g/mol. The van der Waals surface area contributed by atoms with E-state index in [4.69, 9.17) is 15.2 Å². The highest BCUT2D eigenvalue weighted by Gasteiger charge is 2.25. The standard InChI is InChI=1S/C31H25N5O12S2/c1-47-25-10-15(3-6-22(25)34-33-18-5-8-24(37)20(13-18)31(39)40)16-4-7-23(26(11-16)48-2)35-36-29-27(50(44,45)46)12-17-9-19(49(41,42)43)14-21(32)28(17)30(29)38/h3-14,37-38H,32H2,1-2H3,(H,39,40)(H,41,42,43)(H,44,45,46). The number of carboxylic acid groups (broad SMARTS) is 1. The van der Waals surface area contributed by atoms with E-state index in [1.54, 1.807) is 30.3 Å². The van der Waals surface area contributed by atoms with Crippen LogP contribution in [0, 0.1) is 0 Å². The van der Waals surface area contributed by atoms with E-state index in [2.05, 4.69) is 20.5 Å². The number of azo groups is 2. The third kappa shape index (κ3) is 7.15. The summed E-state index contributed by atoms with van der Waals surface area (Å²) in [6.07, 6.45) is 0. The molecule has 0 radical (unpaired) electrons. The number of phenols is 2. The lowest BCUT2D eigenvalue weighted by Crippen LogP contribution is -2.02. The molecule has 50 heavy (non-hydrogen) atoms.